The van der Waals surface area contributed by atoms with Crippen molar-refractivity contribution >= 4 is 11.6 Å². The number of halogens is 1. The lowest BCUT2D eigenvalue weighted by Crippen LogP contribution is -2.31. The van der Waals surface area contributed by atoms with Crippen molar-refractivity contribution in [3.63, 3.8) is 0 Å². The van der Waals surface area contributed by atoms with Gasteiger partial charge in [-0.2, -0.15) is 0 Å². The second-order valence-electron chi connectivity index (χ2n) is 5.07. The molecular formula is C14H21ClN2O. The van der Waals surface area contributed by atoms with Crippen LogP contribution in [0.1, 0.15) is 36.4 Å². The second kappa shape index (κ2) is 6.53. The molecule has 100 valence electrons. The average molecular weight is 269 g/mol. The Morgan fingerprint density at radius 1 is 1.39 bits per heavy atom. The first-order chi connectivity index (χ1) is 8.69. The molecule has 0 aromatic heterocycles. The standard InChI is InChI=1S/C14H21ClN2O/c1-10-6-12(9-13(15)7-10)14(17-16)8-11-2-4-18-5-3-11/h6-7,9,11,14,17H,2-5,8,16H2,1H3. The van der Waals surface area contributed by atoms with Crippen LogP contribution in [0.2, 0.25) is 5.02 Å². The van der Waals surface area contributed by atoms with E-state index in [0.29, 0.717) is 5.92 Å². The maximum Gasteiger partial charge on any atom is 0.0468 e. The molecule has 2 rings (SSSR count). The number of rotatable bonds is 4. The third-order valence-electron chi connectivity index (χ3n) is 3.58. The molecule has 0 radical (unpaired) electrons. The van der Waals surface area contributed by atoms with Gasteiger partial charge in [-0.25, -0.2) is 0 Å². The van der Waals surface area contributed by atoms with Crippen molar-refractivity contribution in [2.24, 2.45) is 11.8 Å². The van der Waals surface area contributed by atoms with Gasteiger partial charge in [-0.3, -0.25) is 11.3 Å². The van der Waals surface area contributed by atoms with Crippen LogP contribution < -0.4 is 11.3 Å². The molecule has 1 saturated heterocycles. The fourth-order valence-corrected chi connectivity index (χ4v) is 2.88. The fraction of sp³-hybridized carbons (Fsp3) is 0.571. The highest BCUT2D eigenvalue weighted by Crippen LogP contribution is 2.29. The van der Waals surface area contributed by atoms with Crippen molar-refractivity contribution < 1.29 is 4.74 Å². The average Bonchev–Trinajstić information content (AvgIpc) is 2.36. The van der Waals surface area contributed by atoms with Crippen molar-refractivity contribution in [2.75, 3.05) is 13.2 Å². The third-order valence-corrected chi connectivity index (χ3v) is 3.80. The number of nitrogens with one attached hydrogen (secondary N) is 1. The zero-order valence-electron chi connectivity index (χ0n) is 10.8. The molecule has 1 aromatic rings. The lowest BCUT2D eigenvalue weighted by atomic mass is 9.89. The lowest BCUT2D eigenvalue weighted by molar-refractivity contribution is 0.0605. The summed E-state index contributed by atoms with van der Waals surface area (Å²) >= 11 is 6.11. The molecule has 0 bridgehead atoms. The van der Waals surface area contributed by atoms with Gasteiger partial charge in [-0.15, -0.1) is 0 Å². The highest BCUT2D eigenvalue weighted by atomic mass is 35.5. The predicted octanol–water partition coefficient (Wildman–Crippen LogP) is 2.97. The van der Waals surface area contributed by atoms with E-state index in [1.54, 1.807) is 0 Å². The SMILES string of the molecule is Cc1cc(Cl)cc(C(CC2CCOCC2)NN)c1. The number of hydrogen-bond donors (Lipinski definition) is 2. The first-order valence-electron chi connectivity index (χ1n) is 6.50. The van der Waals surface area contributed by atoms with Gasteiger partial charge >= 0.3 is 0 Å². The van der Waals surface area contributed by atoms with Crippen LogP contribution in [0.25, 0.3) is 0 Å². The number of hydrogen-bond acceptors (Lipinski definition) is 3. The molecule has 3 nitrogen and oxygen atoms in total. The van der Waals surface area contributed by atoms with Crippen LogP contribution in [0, 0.1) is 12.8 Å². The Morgan fingerprint density at radius 3 is 2.72 bits per heavy atom. The topological polar surface area (TPSA) is 47.3 Å². The molecule has 0 amide bonds. The normalized spacial score (nSPS) is 18.8. The number of benzene rings is 1. The van der Waals surface area contributed by atoms with Gasteiger partial charge in [0.1, 0.15) is 0 Å². The van der Waals surface area contributed by atoms with Crippen LogP contribution in [-0.4, -0.2) is 13.2 Å². The Bertz CT molecular complexity index is 371. The van der Waals surface area contributed by atoms with E-state index in [1.165, 1.54) is 11.1 Å². The highest BCUT2D eigenvalue weighted by Gasteiger charge is 2.20. The molecule has 0 aliphatic carbocycles. The van der Waals surface area contributed by atoms with Crippen LogP contribution in [0.15, 0.2) is 18.2 Å². The number of aryl methyl sites for hydroxylation is 1. The van der Waals surface area contributed by atoms with E-state index >= 15 is 0 Å². The van der Waals surface area contributed by atoms with Crippen LogP contribution in [0.3, 0.4) is 0 Å². The zero-order chi connectivity index (χ0) is 13.0. The summed E-state index contributed by atoms with van der Waals surface area (Å²) in [6.45, 7) is 3.80. The van der Waals surface area contributed by atoms with E-state index in [4.69, 9.17) is 22.2 Å². The lowest BCUT2D eigenvalue weighted by Gasteiger charge is -2.26. The van der Waals surface area contributed by atoms with Crippen molar-refractivity contribution in [1.29, 1.82) is 0 Å². The second-order valence-corrected chi connectivity index (χ2v) is 5.51. The Balaban J connectivity index is 2.06. The molecular weight excluding hydrogens is 248 g/mol. The molecule has 18 heavy (non-hydrogen) atoms. The van der Waals surface area contributed by atoms with Crippen LogP contribution in [-0.2, 0) is 4.74 Å². The van der Waals surface area contributed by atoms with Crippen LogP contribution in [0.5, 0.6) is 0 Å². The highest BCUT2D eigenvalue weighted by molar-refractivity contribution is 6.30. The minimum absolute atomic E-state index is 0.172. The van der Waals surface area contributed by atoms with E-state index in [0.717, 1.165) is 37.5 Å². The Labute approximate surface area is 114 Å². The van der Waals surface area contributed by atoms with Gasteiger partial charge in [0.2, 0.25) is 0 Å². The van der Waals surface area contributed by atoms with Crippen molar-refractivity contribution in [3.8, 4) is 0 Å². The van der Waals surface area contributed by atoms with E-state index in [9.17, 15) is 0 Å². The number of ether oxygens (including phenoxy) is 1. The number of hydrazine groups is 1. The minimum atomic E-state index is 0.172. The molecule has 0 spiro atoms. The van der Waals surface area contributed by atoms with E-state index in [-0.39, 0.29) is 6.04 Å². The molecule has 1 atom stereocenters. The van der Waals surface area contributed by atoms with E-state index < -0.39 is 0 Å². The Hall–Kier alpha value is -0.610. The first-order valence-corrected chi connectivity index (χ1v) is 6.88. The molecule has 1 aliphatic heterocycles. The summed E-state index contributed by atoms with van der Waals surface area (Å²) in [5, 5.41) is 0.775. The predicted molar refractivity (Wildman–Crippen MR) is 74.4 cm³/mol. The first kappa shape index (κ1) is 13.8. The van der Waals surface area contributed by atoms with Crippen molar-refractivity contribution in [1.82, 2.24) is 5.43 Å². The third kappa shape index (κ3) is 3.69. The molecule has 1 aliphatic rings. The molecule has 1 unspecified atom stereocenters. The summed E-state index contributed by atoms with van der Waals surface area (Å²) in [7, 11) is 0. The van der Waals surface area contributed by atoms with Gasteiger partial charge in [-0.05, 0) is 55.4 Å². The van der Waals surface area contributed by atoms with E-state index in [1.807, 2.05) is 12.1 Å². The summed E-state index contributed by atoms with van der Waals surface area (Å²) in [6, 6.07) is 6.28. The quantitative estimate of drug-likeness (QED) is 0.652. The zero-order valence-corrected chi connectivity index (χ0v) is 11.5. The number of nitrogens with two attached hydrogens (primary N) is 1. The summed E-state index contributed by atoms with van der Waals surface area (Å²) < 4.78 is 5.39. The summed E-state index contributed by atoms with van der Waals surface area (Å²) in [6.07, 6.45) is 3.29. The molecule has 1 heterocycles. The minimum Gasteiger partial charge on any atom is -0.381 e. The van der Waals surface area contributed by atoms with Crippen LogP contribution in [0.4, 0.5) is 0 Å². The Morgan fingerprint density at radius 2 is 2.11 bits per heavy atom. The molecule has 3 N–H and O–H groups in total. The smallest absolute Gasteiger partial charge is 0.0468 e. The summed E-state index contributed by atoms with van der Waals surface area (Å²) in [5.74, 6) is 6.38. The Kier molecular flexibility index (Phi) is 5.01. The van der Waals surface area contributed by atoms with Gasteiger partial charge in [-0.1, -0.05) is 17.7 Å². The molecule has 4 heteroatoms. The van der Waals surface area contributed by atoms with Gasteiger partial charge in [0, 0.05) is 24.3 Å². The van der Waals surface area contributed by atoms with Gasteiger partial charge in [0.05, 0.1) is 0 Å². The fourth-order valence-electron chi connectivity index (χ4n) is 2.58. The largest absolute Gasteiger partial charge is 0.381 e. The summed E-state index contributed by atoms with van der Waals surface area (Å²) in [4.78, 5) is 0. The van der Waals surface area contributed by atoms with Gasteiger partial charge in [0.15, 0.2) is 0 Å². The maximum absolute atomic E-state index is 6.11. The van der Waals surface area contributed by atoms with Crippen molar-refractivity contribution in [2.45, 2.75) is 32.2 Å². The summed E-state index contributed by atoms with van der Waals surface area (Å²) in [5.41, 5.74) is 5.27. The van der Waals surface area contributed by atoms with E-state index in [2.05, 4.69) is 18.4 Å². The van der Waals surface area contributed by atoms with Gasteiger partial charge in [0.25, 0.3) is 0 Å². The van der Waals surface area contributed by atoms with Gasteiger partial charge < -0.3 is 4.74 Å². The van der Waals surface area contributed by atoms with Crippen LogP contribution >= 0.6 is 11.6 Å². The molecule has 0 saturated carbocycles. The monoisotopic (exact) mass is 268 g/mol. The maximum atomic E-state index is 6.11. The molecule has 1 fully saturated rings. The molecule has 1 aromatic carbocycles. The van der Waals surface area contributed by atoms with Crippen molar-refractivity contribution in [3.05, 3.63) is 34.3 Å².